The lowest BCUT2D eigenvalue weighted by molar-refractivity contribution is -0.125. The van der Waals surface area contributed by atoms with Gasteiger partial charge in [0.15, 0.2) is 5.13 Å². The Hall–Kier alpha value is -2.80. The standard InChI is InChI=1S/C21H23N3O3S/c1-26-16-7-4-3-6-14(16)10-11-22-20(25)15-12-24(13-15)21-23-19-17(27-2)8-5-9-18(19)28-21/h3-9,15H,10-13H2,1-2H3,(H,22,25). The number of benzene rings is 2. The summed E-state index contributed by atoms with van der Waals surface area (Å²) in [5.74, 6) is 1.75. The van der Waals surface area contributed by atoms with Crippen LogP contribution in [-0.2, 0) is 11.2 Å². The molecule has 28 heavy (non-hydrogen) atoms. The van der Waals surface area contributed by atoms with E-state index in [2.05, 4.69) is 10.2 Å². The number of nitrogens with one attached hydrogen (secondary N) is 1. The molecular weight excluding hydrogens is 374 g/mol. The van der Waals surface area contributed by atoms with Crippen molar-refractivity contribution in [1.82, 2.24) is 10.3 Å². The molecule has 146 valence electrons. The van der Waals surface area contributed by atoms with Gasteiger partial charge < -0.3 is 19.7 Å². The molecule has 0 saturated carbocycles. The van der Waals surface area contributed by atoms with Gasteiger partial charge in [0.05, 0.1) is 24.8 Å². The number of carbonyl (C=O) groups is 1. The number of hydrogen-bond acceptors (Lipinski definition) is 6. The monoisotopic (exact) mass is 397 g/mol. The molecule has 0 atom stereocenters. The van der Waals surface area contributed by atoms with Crippen LogP contribution in [0.5, 0.6) is 11.5 Å². The number of methoxy groups -OCH3 is 2. The molecule has 0 aliphatic carbocycles. The molecule has 1 fully saturated rings. The highest BCUT2D eigenvalue weighted by atomic mass is 32.1. The van der Waals surface area contributed by atoms with Crippen molar-refractivity contribution in [2.75, 3.05) is 38.8 Å². The number of hydrogen-bond donors (Lipinski definition) is 1. The Morgan fingerprint density at radius 3 is 2.68 bits per heavy atom. The first-order valence-corrected chi connectivity index (χ1v) is 10.1. The molecule has 6 nitrogen and oxygen atoms in total. The predicted molar refractivity (Wildman–Crippen MR) is 112 cm³/mol. The first-order chi connectivity index (χ1) is 13.7. The third-order valence-corrected chi connectivity index (χ3v) is 6.08. The molecule has 1 amide bonds. The predicted octanol–water partition coefficient (Wildman–Crippen LogP) is 3.11. The van der Waals surface area contributed by atoms with Gasteiger partial charge in [-0.15, -0.1) is 0 Å². The van der Waals surface area contributed by atoms with Gasteiger partial charge in [0.2, 0.25) is 5.91 Å². The van der Waals surface area contributed by atoms with E-state index in [0.717, 1.165) is 38.8 Å². The first kappa shape index (κ1) is 18.6. The molecule has 0 unspecified atom stereocenters. The van der Waals surface area contributed by atoms with Crippen molar-refractivity contribution in [2.24, 2.45) is 5.92 Å². The van der Waals surface area contributed by atoms with Crippen LogP contribution in [0.3, 0.4) is 0 Å². The van der Waals surface area contributed by atoms with Crippen molar-refractivity contribution in [3.63, 3.8) is 0 Å². The Balaban J connectivity index is 1.29. The highest BCUT2D eigenvalue weighted by Gasteiger charge is 2.34. The van der Waals surface area contributed by atoms with Crippen LogP contribution in [0, 0.1) is 5.92 Å². The molecule has 1 N–H and O–H groups in total. The zero-order chi connectivity index (χ0) is 19.5. The molecule has 0 spiro atoms. The molecule has 2 heterocycles. The molecule has 1 aliphatic heterocycles. The van der Waals surface area contributed by atoms with E-state index in [1.54, 1.807) is 25.6 Å². The minimum Gasteiger partial charge on any atom is -0.496 e. The zero-order valence-electron chi connectivity index (χ0n) is 16.0. The molecule has 0 radical (unpaired) electrons. The summed E-state index contributed by atoms with van der Waals surface area (Å²) in [6.07, 6.45) is 0.754. The van der Waals surface area contributed by atoms with E-state index in [-0.39, 0.29) is 11.8 Å². The lowest BCUT2D eigenvalue weighted by Crippen LogP contribution is -2.54. The number of para-hydroxylation sites is 2. The van der Waals surface area contributed by atoms with Gasteiger partial charge in [-0.05, 0) is 30.2 Å². The van der Waals surface area contributed by atoms with Crippen molar-refractivity contribution >= 4 is 32.6 Å². The van der Waals surface area contributed by atoms with Crippen molar-refractivity contribution in [2.45, 2.75) is 6.42 Å². The lowest BCUT2D eigenvalue weighted by atomic mass is 10.00. The second-order valence-corrected chi connectivity index (χ2v) is 7.77. The van der Waals surface area contributed by atoms with Gasteiger partial charge in [0.25, 0.3) is 0 Å². The van der Waals surface area contributed by atoms with Gasteiger partial charge in [-0.25, -0.2) is 4.98 Å². The quantitative estimate of drug-likeness (QED) is 0.664. The summed E-state index contributed by atoms with van der Waals surface area (Å²) < 4.78 is 11.8. The van der Waals surface area contributed by atoms with Gasteiger partial charge >= 0.3 is 0 Å². The largest absolute Gasteiger partial charge is 0.496 e. The Bertz CT molecular complexity index is 982. The van der Waals surface area contributed by atoms with Gasteiger partial charge in [-0.1, -0.05) is 35.6 Å². The zero-order valence-corrected chi connectivity index (χ0v) is 16.8. The minimum absolute atomic E-state index is 0.00609. The van der Waals surface area contributed by atoms with Crippen LogP contribution in [-0.4, -0.2) is 44.7 Å². The van der Waals surface area contributed by atoms with Crippen LogP contribution < -0.4 is 19.7 Å². The number of anilines is 1. The van der Waals surface area contributed by atoms with E-state index >= 15 is 0 Å². The summed E-state index contributed by atoms with van der Waals surface area (Å²) in [5.41, 5.74) is 1.98. The summed E-state index contributed by atoms with van der Waals surface area (Å²) >= 11 is 1.63. The average Bonchev–Trinajstić information content (AvgIpc) is 3.10. The average molecular weight is 398 g/mol. The smallest absolute Gasteiger partial charge is 0.226 e. The molecule has 1 aliphatic rings. The number of rotatable bonds is 7. The molecule has 3 aromatic rings. The van der Waals surface area contributed by atoms with Gasteiger partial charge in [-0.3, -0.25) is 4.79 Å². The SMILES string of the molecule is COc1ccccc1CCNC(=O)C1CN(c2nc3c(OC)cccc3s2)C1. The van der Waals surface area contributed by atoms with Crippen LogP contribution in [0.15, 0.2) is 42.5 Å². The molecule has 1 aromatic heterocycles. The third kappa shape index (κ3) is 3.62. The highest BCUT2D eigenvalue weighted by Crippen LogP contribution is 2.36. The van der Waals surface area contributed by atoms with Crippen LogP contribution in [0.25, 0.3) is 10.2 Å². The lowest BCUT2D eigenvalue weighted by Gasteiger charge is -2.37. The van der Waals surface area contributed by atoms with Gasteiger partial charge in [-0.2, -0.15) is 0 Å². The number of fused-ring (bicyclic) bond motifs is 1. The summed E-state index contributed by atoms with van der Waals surface area (Å²) in [5, 5.41) is 3.99. The molecule has 0 bridgehead atoms. The van der Waals surface area contributed by atoms with Gasteiger partial charge in [0, 0.05) is 19.6 Å². The number of aromatic nitrogens is 1. The Morgan fingerprint density at radius 1 is 1.14 bits per heavy atom. The summed E-state index contributed by atoms with van der Waals surface area (Å²) in [4.78, 5) is 19.3. The van der Waals surface area contributed by atoms with Crippen molar-refractivity contribution in [3.8, 4) is 11.5 Å². The van der Waals surface area contributed by atoms with Crippen LogP contribution in [0.1, 0.15) is 5.56 Å². The van der Waals surface area contributed by atoms with Crippen molar-refractivity contribution < 1.29 is 14.3 Å². The first-order valence-electron chi connectivity index (χ1n) is 9.27. The highest BCUT2D eigenvalue weighted by molar-refractivity contribution is 7.22. The summed E-state index contributed by atoms with van der Waals surface area (Å²) in [6, 6.07) is 13.8. The Kier molecular flexibility index (Phi) is 5.34. The number of carbonyl (C=O) groups excluding carboxylic acids is 1. The second kappa shape index (κ2) is 8.06. The number of nitrogens with zero attached hydrogens (tertiary/aromatic N) is 2. The summed E-state index contributed by atoms with van der Waals surface area (Å²) in [6.45, 7) is 2.00. The maximum atomic E-state index is 12.4. The normalized spacial score (nSPS) is 14.0. The minimum atomic E-state index is 0.00609. The van der Waals surface area contributed by atoms with E-state index in [9.17, 15) is 4.79 Å². The Morgan fingerprint density at radius 2 is 1.89 bits per heavy atom. The molecule has 7 heteroatoms. The van der Waals surface area contributed by atoms with E-state index in [4.69, 9.17) is 14.5 Å². The van der Waals surface area contributed by atoms with Gasteiger partial charge in [0.1, 0.15) is 17.0 Å². The molecule has 4 rings (SSSR count). The van der Waals surface area contributed by atoms with Crippen LogP contribution in [0.4, 0.5) is 5.13 Å². The fourth-order valence-corrected chi connectivity index (χ4v) is 4.39. The number of thiazole rings is 1. The maximum Gasteiger partial charge on any atom is 0.226 e. The third-order valence-electron chi connectivity index (χ3n) is 5.00. The fraction of sp³-hybridized carbons (Fsp3) is 0.333. The summed E-state index contributed by atoms with van der Waals surface area (Å²) in [7, 11) is 3.32. The topological polar surface area (TPSA) is 63.7 Å². The maximum absolute atomic E-state index is 12.4. The number of ether oxygens (including phenoxy) is 2. The van der Waals surface area contributed by atoms with Crippen molar-refractivity contribution in [1.29, 1.82) is 0 Å². The van der Waals surface area contributed by atoms with E-state index in [0.29, 0.717) is 19.6 Å². The Labute approximate surface area is 168 Å². The second-order valence-electron chi connectivity index (χ2n) is 6.76. The fourth-order valence-electron chi connectivity index (χ4n) is 3.39. The molecule has 2 aromatic carbocycles. The van der Waals surface area contributed by atoms with Crippen LogP contribution >= 0.6 is 11.3 Å². The van der Waals surface area contributed by atoms with E-state index in [1.165, 1.54) is 0 Å². The van der Waals surface area contributed by atoms with Crippen molar-refractivity contribution in [3.05, 3.63) is 48.0 Å². The number of amides is 1. The van der Waals surface area contributed by atoms with Crippen LogP contribution in [0.2, 0.25) is 0 Å². The van der Waals surface area contributed by atoms with E-state index in [1.807, 2.05) is 42.5 Å². The molecular formula is C21H23N3O3S. The molecule has 1 saturated heterocycles. The van der Waals surface area contributed by atoms with E-state index < -0.39 is 0 Å².